The summed E-state index contributed by atoms with van der Waals surface area (Å²) in [5.41, 5.74) is -4.10. The van der Waals surface area contributed by atoms with Gasteiger partial charge < -0.3 is 63.9 Å². The van der Waals surface area contributed by atoms with Crippen molar-refractivity contribution in [1.82, 2.24) is 21.3 Å². The molecule has 6 atom stereocenters. The van der Waals surface area contributed by atoms with Crippen LogP contribution in [0.25, 0.3) is 0 Å². The van der Waals surface area contributed by atoms with E-state index in [4.69, 9.17) is 23.5 Å². The summed E-state index contributed by atoms with van der Waals surface area (Å²) in [5, 5.41) is 28.3. The molecule has 0 aromatic heterocycles. The number of carboxylic acid groups (broad SMARTS) is 2. The topological polar surface area (TPSA) is 426 Å². The van der Waals surface area contributed by atoms with Gasteiger partial charge in [0.2, 0.25) is 22.2 Å². The van der Waals surface area contributed by atoms with Gasteiger partial charge in [0.15, 0.2) is 11.8 Å². The van der Waals surface area contributed by atoms with E-state index in [2.05, 4.69) is 79.7 Å². The average molecular weight is 1630 g/mol. The van der Waals surface area contributed by atoms with Crippen LogP contribution in [0, 0.1) is 11.8 Å². The second kappa shape index (κ2) is 55.5. The number of nitrogens with one attached hydrogen (secondary N) is 4. The number of amides is 4. The Kier molecular flexibility index (Phi) is 55.1. The summed E-state index contributed by atoms with van der Waals surface area (Å²) < 4.78 is 96.8. The summed E-state index contributed by atoms with van der Waals surface area (Å²) in [6, 6.07) is -6.71. The van der Waals surface area contributed by atoms with Crippen LogP contribution in [-0.4, -0.2) is 228 Å². The lowest BCUT2D eigenvalue weighted by Crippen LogP contribution is -2.50. The second-order valence-corrected chi connectivity index (χ2v) is 36.2. The number of esters is 2. The highest BCUT2D eigenvalue weighted by Gasteiger charge is 2.36. The molecular weight excluding hydrogens is 1490 g/mol. The van der Waals surface area contributed by atoms with Crippen LogP contribution in [0.2, 0.25) is 0 Å². The molecule has 0 saturated heterocycles. The van der Waals surface area contributed by atoms with Crippen LogP contribution in [-0.2, 0) is 86.5 Å². The molecule has 0 aliphatic rings. The molecule has 30 nitrogen and oxygen atoms in total. The first-order chi connectivity index (χ1) is 49.8. The molecule has 0 aliphatic carbocycles. The quantitative estimate of drug-likeness (QED) is 0.00565. The monoisotopic (exact) mass is 1630 g/mol. The van der Waals surface area contributed by atoms with Crippen molar-refractivity contribution in [3.8, 4) is 0 Å². The summed E-state index contributed by atoms with van der Waals surface area (Å²) >= 11 is 0. The van der Waals surface area contributed by atoms with Crippen LogP contribution in [0.1, 0.15) is 280 Å². The first kappa shape index (κ1) is 107. The lowest BCUT2D eigenvalue weighted by molar-refractivity contribution is -0.929. The maximum atomic E-state index is 13.6. The molecule has 0 bridgehead atoms. The summed E-state index contributed by atoms with van der Waals surface area (Å²) in [6.45, 7) is 46.0. The number of hydrogen-bond donors (Lipinski definition) is 7. The highest BCUT2D eigenvalue weighted by Crippen LogP contribution is 2.29. The first-order valence-electron chi connectivity index (χ1n) is 38.5. The van der Waals surface area contributed by atoms with Gasteiger partial charge in [0.25, 0.3) is 0 Å². The van der Waals surface area contributed by atoms with E-state index in [0.717, 1.165) is 21.6 Å². The van der Waals surface area contributed by atoms with Gasteiger partial charge >= 0.3 is 46.5 Å². The largest absolute Gasteiger partial charge is 0.726 e. The van der Waals surface area contributed by atoms with Gasteiger partial charge in [-0.25, -0.2) is 36.6 Å². The zero-order chi connectivity index (χ0) is 83.8. The number of alkyl carbamates (subject to hydrolysis) is 2. The van der Waals surface area contributed by atoms with Crippen LogP contribution in [0.5, 0.6) is 0 Å². The van der Waals surface area contributed by atoms with E-state index in [1.165, 1.54) is 185 Å². The van der Waals surface area contributed by atoms with E-state index >= 15 is 0 Å². The Morgan fingerprint density at radius 3 is 1.06 bits per heavy atom. The molecule has 0 aromatic carbocycles. The van der Waals surface area contributed by atoms with Crippen molar-refractivity contribution in [2.24, 2.45) is 11.8 Å². The maximum absolute atomic E-state index is 13.6. The Hall–Kier alpha value is -4.94. The molecule has 634 valence electrons. The molecule has 4 amide bonds. The van der Waals surface area contributed by atoms with Crippen molar-refractivity contribution in [3.05, 3.63) is 0 Å². The number of unbranched alkanes of at least 4 members (excludes halogenated alkanes) is 8. The molecule has 0 aliphatic heterocycles. The molecular formula is C74H141N6O24S4+. The molecule has 0 radical (unpaired) electrons. The van der Waals surface area contributed by atoms with Crippen LogP contribution < -0.4 is 21.3 Å². The number of nitrogens with zero attached hydrogens (tertiary/aromatic N) is 2. The van der Waals surface area contributed by atoms with Crippen molar-refractivity contribution in [2.75, 3.05) is 77.1 Å². The number of ketones is 2. The fraction of sp³-hybridized carbons (Fsp3) is 0.865. The van der Waals surface area contributed by atoms with E-state index in [9.17, 15) is 79.5 Å². The lowest BCUT2D eigenvalue weighted by Gasteiger charge is -2.39. The van der Waals surface area contributed by atoms with Gasteiger partial charge in [0.05, 0.1) is 83.4 Å². The van der Waals surface area contributed by atoms with Crippen LogP contribution >= 0.6 is 21.6 Å². The van der Waals surface area contributed by atoms with Crippen molar-refractivity contribution in [3.63, 3.8) is 0 Å². The Morgan fingerprint density at radius 1 is 0.417 bits per heavy atom. The smallest absolute Gasteiger partial charge is 0.408 e. The third-order valence-electron chi connectivity index (χ3n) is 16.4. The SMILES string of the molecule is CC(C)(C)OC(=O)N[C@@H](CCC(=O)C[C@@H](CSSC[C@H](NC(=O)CC[C@H](NC(=O)OC(C)(C)C)C(=O)OC(C)(C)C)C(=O)C[C@@H](COS(=O)(=O)[O-])C(=O)O)C(=O)N[C@@H](COS(=O)(=O)O)C(=O)O)C(=O)OC(C)(C)C.CCCC[N+](CCCC)(CCCC)CCCC.CCCC[N+](CCCC)(CCCC)CCCC. The van der Waals surface area contributed by atoms with E-state index in [-0.39, 0.29) is 0 Å². The predicted octanol–water partition coefficient (Wildman–Crippen LogP) is 12.0. The predicted molar refractivity (Wildman–Crippen MR) is 419 cm³/mol. The normalized spacial score (nSPS) is 13.9. The number of quaternary nitrogens is 2. The standard InChI is InChI=1S/C42H70N4O24S4.2C16H36N/c1-39(2,3)67-35(55)26(45-37(57)69-41(7,8)9)14-13-25(47)17-24(32(50)44-28(34(53)54)20-66-74(62,63)64)21-71-72-22-29(30(48)18-23(33(51)52)19-65-73(59,60)61)43-31(49)16-15-27(36(56)68-40(4,5)6)46-38(58)70-42(10,11)12;2*1-5-9-13-17(14-10-6-2,15-11-7-3)16-12-8-4/h23-24,26-29H,13-22H2,1-12H3,(H,43,49)(H,44,50)(H,45,57)(H,46,58)(H,51,52)(H,53,54)(H,59,60,61)(H,62,63,64);2*5-16H2,1-4H3/q;2*+1/p-1/t23-,24-,26-,27-,28-,29-;;/m0../s1. The van der Waals surface area contributed by atoms with Crippen molar-refractivity contribution in [1.29, 1.82) is 0 Å². The molecule has 0 fully saturated rings. The molecule has 0 spiro atoms. The number of rotatable bonds is 55. The van der Waals surface area contributed by atoms with Crippen LogP contribution in [0.3, 0.4) is 0 Å². The fourth-order valence-electron chi connectivity index (χ4n) is 10.7. The van der Waals surface area contributed by atoms with Crippen LogP contribution in [0.15, 0.2) is 0 Å². The molecule has 0 aromatic rings. The van der Waals surface area contributed by atoms with Gasteiger partial charge in [-0.3, -0.25) is 32.7 Å². The first-order valence-corrected chi connectivity index (χ1v) is 43.7. The molecule has 0 rings (SSSR count). The number of carbonyl (C=O) groups is 10. The van der Waals surface area contributed by atoms with Gasteiger partial charge in [-0.15, -0.1) is 0 Å². The number of hydrogen-bond acceptors (Lipinski definition) is 23. The highest BCUT2D eigenvalue weighted by atomic mass is 33.1. The van der Waals surface area contributed by atoms with E-state index < -0.39 is 202 Å². The summed E-state index contributed by atoms with van der Waals surface area (Å²) in [4.78, 5) is 130. The zero-order valence-electron chi connectivity index (χ0n) is 68.9. The average Bonchev–Trinajstić information content (AvgIpc) is 0.891. The summed E-state index contributed by atoms with van der Waals surface area (Å²) in [6.07, 6.45) is 16.4. The molecule has 0 heterocycles. The van der Waals surface area contributed by atoms with E-state index in [1.807, 2.05) is 5.32 Å². The Labute approximate surface area is 655 Å². The number of Topliss-reactive ketones (excluding diaryl/α,β-unsaturated/α-hetero) is 2. The van der Waals surface area contributed by atoms with Gasteiger partial charge in [-0.2, -0.15) is 8.42 Å². The molecule has 7 N–H and O–H groups in total. The second-order valence-electron chi connectivity index (χ2n) is 31.5. The number of ether oxygens (including phenoxy) is 4. The Balaban J connectivity index is -0.00000262. The Bertz CT molecular complexity index is 2610. The summed E-state index contributed by atoms with van der Waals surface area (Å²) in [5.74, 6) is -13.9. The highest BCUT2D eigenvalue weighted by molar-refractivity contribution is 8.76. The van der Waals surface area contributed by atoms with Crippen molar-refractivity contribution in [2.45, 2.75) is 326 Å². The minimum atomic E-state index is -5.43. The van der Waals surface area contributed by atoms with Crippen LogP contribution in [0.4, 0.5) is 9.59 Å². The molecule has 34 heteroatoms. The maximum Gasteiger partial charge on any atom is 0.408 e. The summed E-state index contributed by atoms with van der Waals surface area (Å²) in [7, 11) is -9.17. The van der Waals surface area contributed by atoms with Gasteiger partial charge in [0.1, 0.15) is 40.3 Å². The third kappa shape index (κ3) is 58.0. The zero-order valence-corrected chi connectivity index (χ0v) is 72.2. The number of aliphatic carboxylic acids is 2. The molecule has 0 saturated carbocycles. The lowest BCUT2D eigenvalue weighted by atomic mass is 9.98. The Morgan fingerprint density at radius 2 is 0.759 bits per heavy atom. The third-order valence-corrected chi connectivity index (χ3v) is 19.7. The molecule has 108 heavy (non-hydrogen) atoms. The number of carboxylic acids is 2. The minimum Gasteiger partial charge on any atom is -0.726 e. The fourth-order valence-corrected chi connectivity index (χ4v) is 13.9. The van der Waals surface area contributed by atoms with Crippen molar-refractivity contribution < 1.29 is 120 Å². The molecule has 0 unspecified atom stereocenters. The van der Waals surface area contributed by atoms with Gasteiger partial charge in [-0.05, 0) is 147 Å². The van der Waals surface area contributed by atoms with Crippen molar-refractivity contribution >= 4 is 102 Å². The van der Waals surface area contributed by atoms with Gasteiger partial charge in [-0.1, -0.05) is 128 Å². The van der Waals surface area contributed by atoms with E-state index in [0.29, 0.717) is 0 Å². The van der Waals surface area contributed by atoms with Gasteiger partial charge in [0, 0.05) is 37.2 Å². The number of carbonyl (C=O) groups excluding carboxylic acids is 8. The minimum absolute atomic E-state index is 0.397. The van der Waals surface area contributed by atoms with E-state index in [1.54, 1.807) is 62.3 Å².